The van der Waals surface area contributed by atoms with Crippen LogP contribution in [0.2, 0.25) is 0 Å². The van der Waals surface area contributed by atoms with E-state index in [1.165, 1.54) is 6.07 Å². The van der Waals surface area contributed by atoms with Crippen LogP contribution in [0.3, 0.4) is 0 Å². The Bertz CT molecular complexity index is 356. The second kappa shape index (κ2) is 4.24. The maximum atomic E-state index is 13.0. The van der Waals surface area contributed by atoms with Crippen LogP contribution in [-0.2, 0) is 4.84 Å². The first-order valence-corrected chi connectivity index (χ1v) is 5.07. The topological polar surface area (TPSA) is 12.5 Å². The van der Waals surface area contributed by atoms with Crippen LogP contribution in [0.25, 0.3) is 0 Å². The van der Waals surface area contributed by atoms with Crippen molar-refractivity contribution in [2.45, 2.75) is 19.4 Å². The summed E-state index contributed by atoms with van der Waals surface area (Å²) >= 11 is 0. The van der Waals surface area contributed by atoms with Gasteiger partial charge in [0.2, 0.25) is 0 Å². The van der Waals surface area contributed by atoms with Gasteiger partial charge in [-0.05, 0) is 24.1 Å². The monoisotopic (exact) mass is 213 g/mol. The van der Waals surface area contributed by atoms with Gasteiger partial charge in [-0.25, -0.2) is 8.78 Å². The lowest BCUT2D eigenvalue weighted by molar-refractivity contribution is -0.144. The second-order valence-corrected chi connectivity index (χ2v) is 3.58. The van der Waals surface area contributed by atoms with Crippen LogP contribution in [0.4, 0.5) is 8.78 Å². The maximum Gasteiger partial charge on any atom is 0.159 e. The Hall–Kier alpha value is -1.00. The Labute approximate surface area is 87.4 Å². The van der Waals surface area contributed by atoms with Crippen molar-refractivity contribution < 1.29 is 13.6 Å². The molecule has 0 N–H and O–H groups in total. The van der Waals surface area contributed by atoms with E-state index < -0.39 is 11.6 Å². The lowest BCUT2D eigenvalue weighted by Crippen LogP contribution is -2.16. The Morgan fingerprint density at radius 2 is 2.20 bits per heavy atom. The number of hydrogen-bond acceptors (Lipinski definition) is 2. The lowest BCUT2D eigenvalue weighted by atomic mass is 10.1. The van der Waals surface area contributed by atoms with Crippen molar-refractivity contribution in [3.8, 4) is 0 Å². The summed E-state index contributed by atoms with van der Waals surface area (Å²) in [4.78, 5) is 5.54. The van der Waals surface area contributed by atoms with Crippen LogP contribution in [0.1, 0.15) is 25.0 Å². The van der Waals surface area contributed by atoms with E-state index >= 15 is 0 Å². The first-order valence-electron chi connectivity index (χ1n) is 5.07. The Morgan fingerprint density at radius 3 is 2.80 bits per heavy atom. The fourth-order valence-electron chi connectivity index (χ4n) is 1.72. The van der Waals surface area contributed by atoms with Gasteiger partial charge in [-0.3, -0.25) is 4.84 Å². The molecule has 2 rings (SSSR count). The summed E-state index contributed by atoms with van der Waals surface area (Å²) < 4.78 is 25.7. The van der Waals surface area contributed by atoms with E-state index in [-0.39, 0.29) is 6.10 Å². The van der Waals surface area contributed by atoms with Gasteiger partial charge in [0.05, 0.1) is 0 Å². The summed E-state index contributed by atoms with van der Waals surface area (Å²) in [6.45, 7) is 3.63. The molecule has 1 saturated heterocycles. The van der Waals surface area contributed by atoms with Gasteiger partial charge in [0.25, 0.3) is 0 Å². The molecular weight excluding hydrogens is 200 g/mol. The number of hydrogen-bond donors (Lipinski definition) is 0. The van der Waals surface area contributed by atoms with E-state index in [1.807, 2.05) is 12.0 Å². The van der Waals surface area contributed by atoms with Gasteiger partial charge in [0, 0.05) is 13.1 Å². The molecule has 1 heterocycles. The van der Waals surface area contributed by atoms with Crippen molar-refractivity contribution in [1.82, 2.24) is 5.06 Å². The third kappa shape index (κ3) is 2.16. The summed E-state index contributed by atoms with van der Waals surface area (Å²) in [5, 5.41) is 1.83. The molecule has 1 aliphatic heterocycles. The van der Waals surface area contributed by atoms with Crippen LogP contribution in [0.15, 0.2) is 18.2 Å². The van der Waals surface area contributed by atoms with Crippen molar-refractivity contribution in [1.29, 1.82) is 0 Å². The lowest BCUT2D eigenvalue weighted by Gasteiger charge is -2.14. The van der Waals surface area contributed by atoms with Gasteiger partial charge < -0.3 is 0 Å². The summed E-state index contributed by atoms with van der Waals surface area (Å²) in [6.07, 6.45) is 0.680. The minimum absolute atomic E-state index is 0.139. The first-order chi connectivity index (χ1) is 7.20. The largest absolute Gasteiger partial charge is 0.291 e. The quantitative estimate of drug-likeness (QED) is 0.748. The van der Waals surface area contributed by atoms with E-state index in [1.54, 1.807) is 6.07 Å². The van der Waals surface area contributed by atoms with Gasteiger partial charge in [-0.2, -0.15) is 5.06 Å². The summed E-state index contributed by atoms with van der Waals surface area (Å²) in [5.41, 5.74) is 0.699. The molecule has 1 aromatic rings. The third-order valence-electron chi connectivity index (χ3n) is 2.59. The van der Waals surface area contributed by atoms with E-state index in [4.69, 9.17) is 4.84 Å². The molecule has 0 unspecified atom stereocenters. The molecule has 15 heavy (non-hydrogen) atoms. The molecule has 0 amide bonds. The Kier molecular flexibility index (Phi) is 2.98. The van der Waals surface area contributed by atoms with Gasteiger partial charge >= 0.3 is 0 Å². The van der Waals surface area contributed by atoms with Crippen molar-refractivity contribution in [2.24, 2.45) is 0 Å². The minimum Gasteiger partial charge on any atom is -0.291 e. The average Bonchev–Trinajstić information content (AvgIpc) is 2.70. The Morgan fingerprint density at radius 1 is 1.40 bits per heavy atom. The fraction of sp³-hybridized carbons (Fsp3) is 0.455. The van der Waals surface area contributed by atoms with Crippen LogP contribution >= 0.6 is 0 Å². The summed E-state index contributed by atoms with van der Waals surface area (Å²) in [6, 6.07) is 3.92. The van der Waals surface area contributed by atoms with Crippen molar-refractivity contribution in [3.05, 3.63) is 35.4 Å². The molecule has 0 aromatic heterocycles. The molecule has 0 bridgehead atoms. The molecule has 0 spiro atoms. The van der Waals surface area contributed by atoms with E-state index in [9.17, 15) is 8.78 Å². The molecular formula is C11H13F2NO. The molecule has 2 nitrogen and oxygen atoms in total. The van der Waals surface area contributed by atoms with Crippen molar-refractivity contribution >= 4 is 0 Å². The number of hydroxylamine groups is 2. The van der Waals surface area contributed by atoms with Crippen molar-refractivity contribution in [2.75, 3.05) is 13.1 Å². The molecule has 82 valence electrons. The molecule has 1 aromatic carbocycles. The van der Waals surface area contributed by atoms with E-state index in [2.05, 4.69) is 0 Å². The first kappa shape index (κ1) is 10.5. The maximum absolute atomic E-state index is 13.0. The highest BCUT2D eigenvalue weighted by Gasteiger charge is 2.24. The SMILES string of the molecule is CCN1CC[C@@H](c2ccc(F)c(F)c2)O1. The van der Waals surface area contributed by atoms with E-state index in [0.717, 1.165) is 25.6 Å². The highest BCUT2D eigenvalue weighted by molar-refractivity contribution is 5.20. The summed E-state index contributed by atoms with van der Waals surface area (Å²) in [7, 11) is 0. The minimum atomic E-state index is -0.816. The number of nitrogens with zero attached hydrogens (tertiary/aromatic N) is 1. The molecule has 1 fully saturated rings. The molecule has 0 saturated carbocycles. The normalized spacial score (nSPS) is 22.2. The van der Waals surface area contributed by atoms with E-state index in [0.29, 0.717) is 5.56 Å². The molecule has 1 atom stereocenters. The van der Waals surface area contributed by atoms with Gasteiger partial charge in [0.15, 0.2) is 11.6 Å². The average molecular weight is 213 g/mol. The summed E-state index contributed by atoms with van der Waals surface area (Å²) in [5.74, 6) is -1.63. The fourth-order valence-corrected chi connectivity index (χ4v) is 1.72. The highest BCUT2D eigenvalue weighted by Crippen LogP contribution is 2.29. The van der Waals surface area contributed by atoms with Crippen LogP contribution in [0, 0.1) is 11.6 Å². The van der Waals surface area contributed by atoms with Gasteiger partial charge in [0.1, 0.15) is 6.10 Å². The number of halogens is 2. The predicted octanol–water partition coefficient (Wildman–Crippen LogP) is 2.66. The van der Waals surface area contributed by atoms with Crippen LogP contribution in [-0.4, -0.2) is 18.2 Å². The zero-order chi connectivity index (χ0) is 10.8. The van der Waals surface area contributed by atoms with Gasteiger partial charge in [-0.15, -0.1) is 0 Å². The molecule has 0 aliphatic carbocycles. The van der Waals surface area contributed by atoms with Gasteiger partial charge in [-0.1, -0.05) is 13.0 Å². The van der Waals surface area contributed by atoms with Crippen LogP contribution < -0.4 is 0 Å². The van der Waals surface area contributed by atoms with Crippen molar-refractivity contribution in [3.63, 3.8) is 0 Å². The zero-order valence-corrected chi connectivity index (χ0v) is 8.54. The molecule has 0 radical (unpaired) electrons. The second-order valence-electron chi connectivity index (χ2n) is 3.58. The molecule has 4 heteroatoms. The standard InChI is InChI=1S/C11H13F2NO/c1-2-14-6-5-11(15-14)8-3-4-9(12)10(13)7-8/h3-4,7,11H,2,5-6H2,1H3/t11-/m0/s1. The highest BCUT2D eigenvalue weighted by atomic mass is 19.2. The third-order valence-corrected chi connectivity index (χ3v) is 2.59. The molecule has 1 aliphatic rings. The van der Waals surface area contributed by atoms with Crippen LogP contribution in [0.5, 0.6) is 0 Å². The number of benzene rings is 1. The zero-order valence-electron chi connectivity index (χ0n) is 8.54. The smallest absolute Gasteiger partial charge is 0.159 e. The predicted molar refractivity (Wildman–Crippen MR) is 52.0 cm³/mol. The number of rotatable bonds is 2. The Balaban J connectivity index is 2.13.